The largest absolute Gasteiger partial charge is 0.457 e. The molecule has 0 radical (unpaired) electrons. The molecule has 0 spiro atoms. The molecule has 1 N–H and O–H groups in total. The number of rotatable bonds is 5. The number of hydrogen-bond acceptors (Lipinski definition) is 2. The molecule has 1 unspecified atom stereocenters. The van der Waals surface area contributed by atoms with Crippen molar-refractivity contribution >= 4 is 5.91 Å². The van der Waals surface area contributed by atoms with E-state index in [0.717, 1.165) is 11.5 Å². The van der Waals surface area contributed by atoms with Crippen LogP contribution in [0.3, 0.4) is 0 Å². The molecule has 0 aliphatic heterocycles. The van der Waals surface area contributed by atoms with Gasteiger partial charge in [-0.1, -0.05) is 32.0 Å². The van der Waals surface area contributed by atoms with E-state index in [4.69, 9.17) is 4.74 Å². The van der Waals surface area contributed by atoms with Crippen LogP contribution in [0.5, 0.6) is 11.5 Å². The molecule has 0 heterocycles. The van der Waals surface area contributed by atoms with E-state index < -0.39 is 0 Å². The van der Waals surface area contributed by atoms with Gasteiger partial charge in [-0.05, 0) is 49.2 Å². The van der Waals surface area contributed by atoms with E-state index in [-0.39, 0.29) is 11.9 Å². The Balaban J connectivity index is 2.00. The van der Waals surface area contributed by atoms with Gasteiger partial charge in [0.25, 0.3) is 5.91 Å². The van der Waals surface area contributed by atoms with Crippen LogP contribution in [0.4, 0.5) is 0 Å². The normalized spacial score (nSPS) is 12.0. The smallest absolute Gasteiger partial charge is 0.251 e. The predicted octanol–water partition coefficient (Wildman–Crippen LogP) is 4.25. The number of ether oxygens (including phenoxy) is 1. The van der Waals surface area contributed by atoms with Crippen LogP contribution < -0.4 is 10.1 Å². The summed E-state index contributed by atoms with van der Waals surface area (Å²) < 4.78 is 5.70. The average Bonchev–Trinajstić information content (AvgIpc) is 2.48. The van der Waals surface area contributed by atoms with Crippen molar-refractivity contribution < 1.29 is 9.53 Å². The van der Waals surface area contributed by atoms with Crippen LogP contribution >= 0.6 is 0 Å². The van der Waals surface area contributed by atoms with E-state index in [1.54, 1.807) is 12.1 Å². The lowest BCUT2D eigenvalue weighted by atomic mass is 10.1. The van der Waals surface area contributed by atoms with E-state index in [1.807, 2.05) is 49.4 Å². The van der Waals surface area contributed by atoms with Crippen LogP contribution in [-0.4, -0.2) is 11.9 Å². The summed E-state index contributed by atoms with van der Waals surface area (Å²) in [7, 11) is 0. The van der Waals surface area contributed by atoms with E-state index >= 15 is 0 Å². The van der Waals surface area contributed by atoms with Gasteiger partial charge in [-0.25, -0.2) is 0 Å². The molecule has 1 atom stereocenters. The molecule has 2 aromatic rings. The second-order valence-electron chi connectivity index (χ2n) is 5.45. The molecule has 0 bridgehead atoms. The molecule has 3 nitrogen and oxygen atoms in total. The van der Waals surface area contributed by atoms with Crippen molar-refractivity contribution in [1.82, 2.24) is 5.32 Å². The highest BCUT2D eigenvalue weighted by atomic mass is 16.5. The van der Waals surface area contributed by atoms with E-state index in [9.17, 15) is 4.79 Å². The molecule has 0 fully saturated rings. The maximum Gasteiger partial charge on any atom is 0.251 e. The molecule has 21 heavy (non-hydrogen) atoms. The average molecular weight is 283 g/mol. The van der Waals surface area contributed by atoms with Gasteiger partial charge in [0.1, 0.15) is 11.5 Å². The molecule has 110 valence electrons. The fourth-order valence-electron chi connectivity index (χ4n) is 1.76. The van der Waals surface area contributed by atoms with Crippen molar-refractivity contribution in [2.24, 2.45) is 5.92 Å². The van der Waals surface area contributed by atoms with Crippen molar-refractivity contribution in [3.8, 4) is 11.5 Å². The molecule has 2 rings (SSSR count). The maximum atomic E-state index is 12.1. The zero-order valence-electron chi connectivity index (χ0n) is 12.7. The molecule has 0 aliphatic rings. The van der Waals surface area contributed by atoms with Crippen molar-refractivity contribution in [2.45, 2.75) is 26.8 Å². The highest BCUT2D eigenvalue weighted by Gasteiger charge is 2.12. The molecule has 0 saturated carbocycles. The van der Waals surface area contributed by atoms with Crippen molar-refractivity contribution in [3.05, 3.63) is 60.2 Å². The van der Waals surface area contributed by atoms with E-state index in [0.29, 0.717) is 11.5 Å². The molecule has 3 heteroatoms. The van der Waals surface area contributed by atoms with Crippen molar-refractivity contribution in [3.63, 3.8) is 0 Å². The van der Waals surface area contributed by atoms with Crippen LogP contribution in [0.2, 0.25) is 0 Å². The van der Waals surface area contributed by atoms with Gasteiger partial charge in [-0.15, -0.1) is 0 Å². The van der Waals surface area contributed by atoms with Crippen LogP contribution in [0.25, 0.3) is 0 Å². The monoisotopic (exact) mass is 283 g/mol. The summed E-state index contributed by atoms with van der Waals surface area (Å²) >= 11 is 0. The Morgan fingerprint density at radius 1 is 0.905 bits per heavy atom. The van der Waals surface area contributed by atoms with Crippen molar-refractivity contribution in [1.29, 1.82) is 0 Å². The van der Waals surface area contributed by atoms with Gasteiger partial charge in [0.05, 0.1) is 0 Å². The lowest BCUT2D eigenvalue weighted by molar-refractivity contribution is 0.0930. The molecule has 2 aromatic carbocycles. The fraction of sp³-hybridized carbons (Fsp3) is 0.278. The lowest BCUT2D eigenvalue weighted by Gasteiger charge is -2.17. The number of para-hydroxylation sites is 1. The first kappa shape index (κ1) is 15.1. The highest BCUT2D eigenvalue weighted by Crippen LogP contribution is 2.21. The summed E-state index contributed by atoms with van der Waals surface area (Å²) in [5.74, 6) is 1.86. The van der Waals surface area contributed by atoms with Crippen molar-refractivity contribution in [2.75, 3.05) is 0 Å². The summed E-state index contributed by atoms with van der Waals surface area (Å²) in [5, 5.41) is 2.99. The Labute approximate surface area is 126 Å². The molecular weight excluding hydrogens is 262 g/mol. The fourth-order valence-corrected chi connectivity index (χ4v) is 1.76. The zero-order valence-corrected chi connectivity index (χ0v) is 12.7. The Kier molecular flexibility index (Phi) is 4.99. The quantitative estimate of drug-likeness (QED) is 0.890. The predicted molar refractivity (Wildman–Crippen MR) is 84.7 cm³/mol. The Bertz CT molecular complexity index is 576. The molecule has 1 amide bonds. The lowest BCUT2D eigenvalue weighted by Crippen LogP contribution is -2.36. The Hall–Kier alpha value is -2.29. The second-order valence-corrected chi connectivity index (χ2v) is 5.45. The number of carbonyl (C=O) groups is 1. The minimum atomic E-state index is -0.0533. The van der Waals surface area contributed by atoms with Crippen LogP contribution in [-0.2, 0) is 0 Å². The second kappa shape index (κ2) is 6.93. The topological polar surface area (TPSA) is 38.3 Å². The Morgan fingerprint density at radius 3 is 2.05 bits per heavy atom. The van der Waals surface area contributed by atoms with Gasteiger partial charge in [0.15, 0.2) is 0 Å². The third kappa shape index (κ3) is 4.35. The minimum Gasteiger partial charge on any atom is -0.457 e. The van der Waals surface area contributed by atoms with Crippen LogP contribution in [0.15, 0.2) is 54.6 Å². The molecular formula is C18H21NO2. The van der Waals surface area contributed by atoms with Gasteiger partial charge in [0, 0.05) is 11.6 Å². The summed E-state index contributed by atoms with van der Waals surface area (Å²) in [6.07, 6.45) is 0. The highest BCUT2D eigenvalue weighted by molar-refractivity contribution is 5.94. The zero-order chi connectivity index (χ0) is 15.2. The molecule has 0 aromatic heterocycles. The summed E-state index contributed by atoms with van der Waals surface area (Å²) in [6, 6.07) is 16.9. The minimum absolute atomic E-state index is 0.0533. The van der Waals surface area contributed by atoms with E-state index in [1.165, 1.54) is 0 Å². The number of benzene rings is 2. The number of hydrogen-bond donors (Lipinski definition) is 1. The van der Waals surface area contributed by atoms with Gasteiger partial charge >= 0.3 is 0 Å². The summed E-state index contributed by atoms with van der Waals surface area (Å²) in [5.41, 5.74) is 0.642. The first-order valence-corrected chi connectivity index (χ1v) is 7.20. The number of nitrogens with one attached hydrogen (secondary N) is 1. The van der Waals surface area contributed by atoms with Gasteiger partial charge < -0.3 is 10.1 Å². The van der Waals surface area contributed by atoms with Crippen LogP contribution in [0.1, 0.15) is 31.1 Å². The third-order valence-corrected chi connectivity index (χ3v) is 3.45. The third-order valence-electron chi connectivity index (χ3n) is 3.45. The summed E-state index contributed by atoms with van der Waals surface area (Å²) in [6.45, 7) is 6.18. The summed E-state index contributed by atoms with van der Waals surface area (Å²) in [4.78, 5) is 12.1. The number of carbonyl (C=O) groups excluding carboxylic acids is 1. The van der Waals surface area contributed by atoms with Gasteiger partial charge in [0.2, 0.25) is 0 Å². The molecule has 0 aliphatic carbocycles. The van der Waals surface area contributed by atoms with Crippen LogP contribution in [0, 0.1) is 5.92 Å². The van der Waals surface area contributed by atoms with Gasteiger partial charge in [-0.3, -0.25) is 4.79 Å². The SMILES string of the molecule is CC(C)C(C)NC(=O)c1ccc(Oc2ccccc2)cc1. The standard InChI is InChI=1S/C18H21NO2/c1-13(2)14(3)19-18(20)15-9-11-17(12-10-15)21-16-7-5-4-6-8-16/h4-14H,1-3H3,(H,19,20). The maximum absolute atomic E-state index is 12.1. The first-order chi connectivity index (χ1) is 10.1. The number of amides is 1. The first-order valence-electron chi connectivity index (χ1n) is 7.20. The van der Waals surface area contributed by atoms with Gasteiger partial charge in [-0.2, -0.15) is 0 Å². The molecule has 0 saturated heterocycles. The van der Waals surface area contributed by atoms with E-state index in [2.05, 4.69) is 19.2 Å². The Morgan fingerprint density at radius 2 is 1.48 bits per heavy atom.